The molecule has 11 nitrogen and oxygen atoms in total. The number of nitrogens with one attached hydrogen (secondary N) is 2. The Morgan fingerprint density at radius 2 is 1.78 bits per heavy atom. The van der Waals surface area contributed by atoms with Crippen LogP contribution in [0.5, 0.6) is 0 Å². The topological polar surface area (TPSA) is 129 Å². The molecule has 0 bridgehead atoms. The van der Waals surface area contributed by atoms with Crippen LogP contribution in [0.1, 0.15) is 21.7 Å². The highest BCUT2D eigenvalue weighted by atomic mass is 32.2. The van der Waals surface area contributed by atoms with Crippen molar-refractivity contribution < 1.29 is 13.2 Å². The van der Waals surface area contributed by atoms with Gasteiger partial charge >= 0.3 is 0 Å². The fraction of sp³-hybridized carbons (Fsp3) is 0.333. The Balaban J connectivity index is 1.81. The number of hydrogen-bond donors (Lipinski definition) is 2. The zero-order chi connectivity index (χ0) is 19.8. The number of nitrogens with zero attached hydrogens (tertiary/aromatic N) is 6. The highest BCUT2D eigenvalue weighted by Gasteiger charge is 2.25. The van der Waals surface area contributed by atoms with Gasteiger partial charge in [-0.05, 0) is 6.92 Å². The molecule has 0 saturated carbocycles. The number of amides is 1. The van der Waals surface area contributed by atoms with E-state index in [4.69, 9.17) is 0 Å². The number of aryl methyl sites for hydroxylation is 3. The van der Waals surface area contributed by atoms with Crippen molar-refractivity contribution in [2.45, 2.75) is 18.4 Å². The first-order chi connectivity index (χ1) is 12.7. The monoisotopic (exact) mass is 392 g/mol. The van der Waals surface area contributed by atoms with Crippen molar-refractivity contribution in [3.05, 3.63) is 41.7 Å². The lowest BCUT2D eigenvalue weighted by Crippen LogP contribution is -2.26. The van der Waals surface area contributed by atoms with Gasteiger partial charge in [0.2, 0.25) is 0 Å². The number of carbonyl (C=O) groups excluding carboxylic acids is 1. The molecule has 0 radical (unpaired) electrons. The normalized spacial score (nSPS) is 11.6. The molecule has 0 aliphatic rings. The molecule has 3 rings (SSSR count). The summed E-state index contributed by atoms with van der Waals surface area (Å²) in [7, 11) is 1.08. The molecule has 0 unspecified atom stereocenters. The lowest BCUT2D eigenvalue weighted by molar-refractivity contribution is 0.0942. The lowest BCUT2D eigenvalue weighted by atomic mass is 10.3. The predicted molar refractivity (Wildman–Crippen MR) is 96.3 cm³/mol. The second-order valence-corrected chi connectivity index (χ2v) is 7.71. The third-order valence-electron chi connectivity index (χ3n) is 4.09. The molecule has 3 aromatic rings. The maximum atomic E-state index is 12.7. The minimum atomic E-state index is -3.91. The molecule has 0 atom stereocenters. The third-order valence-corrected chi connectivity index (χ3v) is 5.56. The molecular formula is C15H20N8O3S. The Morgan fingerprint density at radius 3 is 2.37 bits per heavy atom. The summed E-state index contributed by atoms with van der Waals surface area (Å²) in [5, 5.41) is 14.7. The first-order valence-electron chi connectivity index (χ1n) is 7.98. The molecule has 12 heteroatoms. The molecule has 0 aliphatic heterocycles. The Labute approximate surface area is 156 Å². The number of aromatic nitrogens is 6. The van der Waals surface area contributed by atoms with E-state index in [1.165, 1.54) is 21.8 Å². The van der Waals surface area contributed by atoms with Crippen molar-refractivity contribution in [1.82, 2.24) is 34.7 Å². The largest absolute Gasteiger partial charge is 0.346 e. The van der Waals surface area contributed by atoms with Crippen LogP contribution < -0.4 is 10.0 Å². The number of hydrogen-bond acceptors (Lipinski definition) is 6. The molecule has 0 saturated heterocycles. The van der Waals surface area contributed by atoms with E-state index in [1.807, 2.05) is 0 Å². The summed E-state index contributed by atoms with van der Waals surface area (Å²) in [5.74, 6) is -0.459. The van der Waals surface area contributed by atoms with Gasteiger partial charge in [0.05, 0.1) is 30.0 Å². The molecule has 3 aromatic heterocycles. The minimum absolute atomic E-state index is 0.0376. The zero-order valence-corrected chi connectivity index (χ0v) is 16.1. The summed E-state index contributed by atoms with van der Waals surface area (Å²) >= 11 is 0. The summed E-state index contributed by atoms with van der Waals surface area (Å²) in [6.07, 6.45) is 5.97. The van der Waals surface area contributed by atoms with Crippen LogP contribution >= 0.6 is 0 Å². The third kappa shape index (κ3) is 3.69. The van der Waals surface area contributed by atoms with Gasteiger partial charge in [0.15, 0.2) is 0 Å². The van der Waals surface area contributed by atoms with Gasteiger partial charge in [-0.3, -0.25) is 23.6 Å². The van der Waals surface area contributed by atoms with Crippen LogP contribution in [0.4, 0.5) is 5.69 Å². The van der Waals surface area contributed by atoms with Gasteiger partial charge in [0.25, 0.3) is 15.9 Å². The molecule has 144 valence electrons. The summed E-state index contributed by atoms with van der Waals surface area (Å²) in [6.45, 7) is 1.90. The van der Waals surface area contributed by atoms with Gasteiger partial charge in [0, 0.05) is 39.4 Å². The van der Waals surface area contributed by atoms with Crippen LogP contribution in [0.2, 0.25) is 0 Å². The summed E-state index contributed by atoms with van der Waals surface area (Å²) < 4.78 is 32.1. The second kappa shape index (κ2) is 6.87. The van der Waals surface area contributed by atoms with Gasteiger partial charge in [-0.15, -0.1) is 0 Å². The van der Waals surface area contributed by atoms with Gasteiger partial charge in [0.1, 0.15) is 10.6 Å². The van der Waals surface area contributed by atoms with Crippen LogP contribution in [-0.2, 0) is 37.7 Å². The number of carbonyl (C=O) groups is 1. The fourth-order valence-electron chi connectivity index (χ4n) is 2.55. The quantitative estimate of drug-likeness (QED) is 0.604. The van der Waals surface area contributed by atoms with Crippen LogP contribution in [-0.4, -0.2) is 43.7 Å². The summed E-state index contributed by atoms with van der Waals surface area (Å²) in [6, 6.07) is 0. The average molecular weight is 392 g/mol. The molecule has 1 amide bonds. The van der Waals surface area contributed by atoms with E-state index in [-0.39, 0.29) is 22.8 Å². The molecule has 27 heavy (non-hydrogen) atoms. The van der Waals surface area contributed by atoms with Crippen LogP contribution in [0.25, 0.3) is 0 Å². The first-order valence-corrected chi connectivity index (χ1v) is 9.46. The maximum absolute atomic E-state index is 12.7. The van der Waals surface area contributed by atoms with E-state index in [2.05, 4.69) is 25.3 Å². The molecular weight excluding hydrogens is 372 g/mol. The summed E-state index contributed by atoms with van der Waals surface area (Å²) in [4.78, 5) is 12.6. The highest BCUT2D eigenvalue weighted by Crippen LogP contribution is 2.21. The van der Waals surface area contributed by atoms with Crippen molar-refractivity contribution in [3.8, 4) is 0 Å². The van der Waals surface area contributed by atoms with E-state index >= 15 is 0 Å². The van der Waals surface area contributed by atoms with Gasteiger partial charge in [-0.25, -0.2) is 8.42 Å². The van der Waals surface area contributed by atoms with Crippen molar-refractivity contribution in [3.63, 3.8) is 0 Å². The molecule has 0 aliphatic carbocycles. The number of anilines is 1. The molecule has 3 heterocycles. The van der Waals surface area contributed by atoms with E-state index in [0.29, 0.717) is 5.69 Å². The van der Waals surface area contributed by atoms with E-state index in [1.54, 1.807) is 45.1 Å². The Kier molecular flexibility index (Phi) is 4.74. The van der Waals surface area contributed by atoms with E-state index in [9.17, 15) is 13.2 Å². The second-order valence-electron chi connectivity index (χ2n) is 6.06. The Morgan fingerprint density at radius 1 is 1.07 bits per heavy atom. The van der Waals surface area contributed by atoms with Gasteiger partial charge < -0.3 is 5.32 Å². The molecule has 0 aromatic carbocycles. The van der Waals surface area contributed by atoms with Crippen LogP contribution in [0.3, 0.4) is 0 Å². The standard InChI is InChI=1S/C15H20N8O3S/c1-10-13(8-19-22(10)3)27(25,26)20-12-7-18-23(4)14(12)15(24)16-5-11-6-17-21(2)9-11/h6-9,20H,5H2,1-4H3,(H,16,24). The first kappa shape index (κ1) is 18.6. The number of rotatable bonds is 6. The van der Waals surface area contributed by atoms with Crippen LogP contribution in [0.15, 0.2) is 29.7 Å². The molecule has 0 fully saturated rings. The van der Waals surface area contributed by atoms with Gasteiger partial charge in [-0.2, -0.15) is 15.3 Å². The minimum Gasteiger partial charge on any atom is -0.346 e. The molecule has 2 N–H and O–H groups in total. The lowest BCUT2D eigenvalue weighted by Gasteiger charge is -2.09. The Bertz CT molecular complexity index is 1090. The van der Waals surface area contributed by atoms with Crippen molar-refractivity contribution in [2.75, 3.05) is 4.72 Å². The van der Waals surface area contributed by atoms with Crippen molar-refractivity contribution in [1.29, 1.82) is 0 Å². The van der Waals surface area contributed by atoms with E-state index in [0.717, 1.165) is 5.56 Å². The highest BCUT2D eigenvalue weighted by molar-refractivity contribution is 7.92. The number of sulfonamides is 1. The van der Waals surface area contributed by atoms with Crippen molar-refractivity contribution in [2.24, 2.45) is 21.1 Å². The zero-order valence-electron chi connectivity index (χ0n) is 15.3. The maximum Gasteiger partial charge on any atom is 0.272 e. The Hall–Kier alpha value is -3.15. The predicted octanol–water partition coefficient (Wildman–Crippen LogP) is -0.0737. The van der Waals surface area contributed by atoms with Crippen LogP contribution in [0, 0.1) is 6.92 Å². The fourth-order valence-corrected chi connectivity index (χ4v) is 3.81. The van der Waals surface area contributed by atoms with Crippen molar-refractivity contribution >= 4 is 21.6 Å². The average Bonchev–Trinajstić information content (AvgIpc) is 3.26. The van der Waals surface area contributed by atoms with Gasteiger partial charge in [-0.1, -0.05) is 0 Å². The smallest absolute Gasteiger partial charge is 0.272 e. The van der Waals surface area contributed by atoms with E-state index < -0.39 is 15.9 Å². The molecule has 0 spiro atoms. The summed E-state index contributed by atoms with van der Waals surface area (Å²) in [5.41, 5.74) is 1.49. The SMILES string of the molecule is Cc1c(S(=O)(=O)Nc2cnn(C)c2C(=O)NCc2cnn(C)c2)cnn1C.